The third-order valence-electron chi connectivity index (χ3n) is 5.62. The third kappa shape index (κ3) is 4.44. The number of allylic oxidation sites excluding steroid dienone is 1. The summed E-state index contributed by atoms with van der Waals surface area (Å²) in [4.78, 5) is 31.5. The molecular weight excluding hydrogens is 492 g/mol. The van der Waals surface area contributed by atoms with E-state index in [0.29, 0.717) is 42.9 Å². The number of methoxy groups -OCH3 is 4. The fourth-order valence-electron chi connectivity index (χ4n) is 4.00. The summed E-state index contributed by atoms with van der Waals surface area (Å²) in [6, 6.07) is 9.58. The molecule has 0 bridgehead atoms. The van der Waals surface area contributed by atoms with Crippen molar-refractivity contribution in [3.05, 3.63) is 83.5 Å². The molecule has 0 aliphatic carbocycles. The summed E-state index contributed by atoms with van der Waals surface area (Å²) in [7, 11) is 5.91. The van der Waals surface area contributed by atoms with Crippen LogP contribution in [0.25, 0.3) is 6.08 Å². The van der Waals surface area contributed by atoms with E-state index >= 15 is 0 Å². The lowest BCUT2D eigenvalue weighted by molar-refractivity contribution is -0.136. The van der Waals surface area contributed by atoms with Crippen molar-refractivity contribution in [3.63, 3.8) is 0 Å². The van der Waals surface area contributed by atoms with E-state index in [1.54, 1.807) is 57.6 Å². The van der Waals surface area contributed by atoms with Gasteiger partial charge in [-0.3, -0.25) is 9.36 Å². The molecule has 1 aliphatic heterocycles. The van der Waals surface area contributed by atoms with Gasteiger partial charge in [-0.15, -0.1) is 0 Å². The Labute approximate surface area is 210 Å². The van der Waals surface area contributed by atoms with Crippen LogP contribution >= 0.6 is 22.9 Å². The van der Waals surface area contributed by atoms with Crippen LogP contribution < -0.4 is 29.1 Å². The number of aromatic nitrogens is 1. The molecule has 1 aliphatic rings. The molecular formula is C25H23ClN2O6S. The molecule has 8 nitrogen and oxygen atoms in total. The van der Waals surface area contributed by atoms with Crippen LogP contribution in [0.1, 0.15) is 24.1 Å². The molecule has 0 radical (unpaired) electrons. The quantitative estimate of drug-likeness (QED) is 0.470. The lowest BCUT2D eigenvalue weighted by Crippen LogP contribution is -2.40. The van der Waals surface area contributed by atoms with Crippen LogP contribution in [0.5, 0.6) is 17.2 Å². The molecule has 1 aromatic heterocycles. The minimum Gasteiger partial charge on any atom is -0.496 e. The number of ether oxygens (including phenoxy) is 4. The van der Waals surface area contributed by atoms with E-state index < -0.39 is 12.0 Å². The second-order valence-corrected chi connectivity index (χ2v) is 9.02. The summed E-state index contributed by atoms with van der Waals surface area (Å²) in [5.41, 5.74) is 1.66. The Morgan fingerprint density at radius 1 is 1.03 bits per heavy atom. The average molecular weight is 515 g/mol. The predicted molar refractivity (Wildman–Crippen MR) is 133 cm³/mol. The number of hydrogen-bond donors (Lipinski definition) is 0. The van der Waals surface area contributed by atoms with Gasteiger partial charge in [-0.1, -0.05) is 29.0 Å². The molecule has 2 aromatic carbocycles. The normalized spacial score (nSPS) is 15.4. The zero-order chi connectivity index (χ0) is 25.3. The first-order valence-corrected chi connectivity index (χ1v) is 11.7. The molecule has 0 spiro atoms. The predicted octanol–water partition coefficient (Wildman–Crippen LogP) is 3.09. The first-order chi connectivity index (χ1) is 16.8. The number of thiazole rings is 1. The van der Waals surface area contributed by atoms with Crippen molar-refractivity contribution in [2.24, 2.45) is 4.99 Å². The second-order valence-electron chi connectivity index (χ2n) is 7.57. The maximum atomic E-state index is 13.7. The lowest BCUT2D eigenvalue weighted by Gasteiger charge is -2.25. The first-order valence-electron chi connectivity index (χ1n) is 10.5. The first kappa shape index (κ1) is 24.6. The molecule has 10 heteroatoms. The maximum Gasteiger partial charge on any atom is 0.338 e. The summed E-state index contributed by atoms with van der Waals surface area (Å²) in [5, 5.41) is 0.437. The van der Waals surface area contributed by atoms with E-state index in [-0.39, 0.29) is 11.1 Å². The third-order valence-corrected chi connectivity index (χ3v) is 6.84. The molecule has 1 atom stereocenters. The summed E-state index contributed by atoms with van der Waals surface area (Å²) in [5.74, 6) is 1.01. The Morgan fingerprint density at radius 2 is 1.71 bits per heavy atom. The average Bonchev–Trinajstić information content (AvgIpc) is 3.16. The number of nitrogens with zero attached hydrogens (tertiary/aromatic N) is 2. The number of halogens is 1. The van der Waals surface area contributed by atoms with Crippen molar-refractivity contribution < 1.29 is 23.7 Å². The molecule has 4 rings (SSSR count). The van der Waals surface area contributed by atoms with Crippen LogP contribution in [0.2, 0.25) is 5.02 Å². The Bertz CT molecular complexity index is 1520. The van der Waals surface area contributed by atoms with Crippen LogP contribution in [0.4, 0.5) is 0 Å². The number of hydrogen-bond acceptors (Lipinski definition) is 8. The van der Waals surface area contributed by atoms with E-state index in [9.17, 15) is 9.59 Å². The van der Waals surface area contributed by atoms with Gasteiger partial charge in [0.15, 0.2) is 16.3 Å². The molecule has 0 saturated heterocycles. The van der Waals surface area contributed by atoms with Crippen molar-refractivity contribution in [2.45, 2.75) is 13.0 Å². The smallest absolute Gasteiger partial charge is 0.338 e. The van der Waals surface area contributed by atoms with Gasteiger partial charge in [0.2, 0.25) is 0 Å². The van der Waals surface area contributed by atoms with Gasteiger partial charge in [0, 0.05) is 10.6 Å². The van der Waals surface area contributed by atoms with Crippen molar-refractivity contribution in [1.29, 1.82) is 0 Å². The number of esters is 1. The highest BCUT2D eigenvalue weighted by atomic mass is 35.5. The minimum atomic E-state index is -0.833. The van der Waals surface area contributed by atoms with Gasteiger partial charge in [0.1, 0.15) is 11.8 Å². The highest BCUT2D eigenvalue weighted by Gasteiger charge is 2.35. The number of carbonyl (C=O) groups is 1. The van der Waals surface area contributed by atoms with Crippen molar-refractivity contribution in [1.82, 2.24) is 4.57 Å². The van der Waals surface area contributed by atoms with Gasteiger partial charge >= 0.3 is 5.97 Å². The Morgan fingerprint density at radius 3 is 2.37 bits per heavy atom. The van der Waals surface area contributed by atoms with Crippen LogP contribution in [-0.4, -0.2) is 39.0 Å². The molecule has 3 aromatic rings. The highest BCUT2D eigenvalue weighted by molar-refractivity contribution is 7.07. The summed E-state index contributed by atoms with van der Waals surface area (Å²) in [6.07, 6.45) is 1.75. The van der Waals surface area contributed by atoms with Crippen molar-refractivity contribution in [2.75, 3.05) is 28.4 Å². The molecule has 2 heterocycles. The minimum absolute atomic E-state index is 0.234. The summed E-state index contributed by atoms with van der Waals surface area (Å²) < 4.78 is 23.2. The van der Waals surface area contributed by atoms with E-state index in [4.69, 9.17) is 30.5 Å². The summed E-state index contributed by atoms with van der Waals surface area (Å²) >= 11 is 7.52. The van der Waals surface area contributed by atoms with E-state index in [1.807, 2.05) is 6.07 Å². The second kappa shape index (κ2) is 9.97. The molecule has 0 N–H and O–H groups in total. The van der Waals surface area contributed by atoms with Crippen LogP contribution in [0, 0.1) is 0 Å². The van der Waals surface area contributed by atoms with Crippen molar-refractivity contribution >= 4 is 35.0 Å². The summed E-state index contributed by atoms with van der Waals surface area (Å²) in [6.45, 7) is 1.71. The zero-order valence-electron chi connectivity index (χ0n) is 19.7. The number of fused-ring (bicyclic) bond motifs is 1. The number of benzene rings is 2. The monoisotopic (exact) mass is 514 g/mol. The van der Waals surface area contributed by atoms with E-state index in [0.717, 1.165) is 5.56 Å². The Kier molecular flexibility index (Phi) is 7.00. The van der Waals surface area contributed by atoms with Gasteiger partial charge in [-0.2, -0.15) is 0 Å². The largest absolute Gasteiger partial charge is 0.496 e. The standard InChI is InChI=1S/C25H23ClN2O6S/c1-13-21(24(30)34-5)22(16-12-15(26)7-9-17(16)31-2)28-23(29)20(35-25(28)27-13)11-14-6-8-18(32-3)19(10-14)33-4/h6-12,22H,1-5H3/b20-11-/t22-/m1/s1. The molecule has 0 unspecified atom stereocenters. The Balaban J connectivity index is 1.99. The van der Waals surface area contributed by atoms with E-state index in [2.05, 4.69) is 4.99 Å². The molecule has 0 amide bonds. The highest BCUT2D eigenvalue weighted by Crippen LogP contribution is 2.37. The number of carbonyl (C=O) groups excluding carboxylic acids is 1. The topological polar surface area (TPSA) is 88.4 Å². The molecule has 35 heavy (non-hydrogen) atoms. The maximum absolute atomic E-state index is 13.7. The SMILES string of the molecule is COC(=O)C1=C(C)N=c2s/c(=C\c3ccc(OC)c(OC)c3)c(=O)n2[C@@H]1c1cc(Cl)ccc1OC. The van der Waals surface area contributed by atoms with Gasteiger partial charge in [0.05, 0.1) is 44.2 Å². The van der Waals surface area contributed by atoms with Crippen molar-refractivity contribution in [3.8, 4) is 17.2 Å². The zero-order valence-corrected chi connectivity index (χ0v) is 21.3. The Hall–Kier alpha value is -3.56. The van der Waals surface area contributed by atoms with Crippen LogP contribution in [-0.2, 0) is 9.53 Å². The number of rotatable bonds is 6. The molecule has 0 saturated carbocycles. The van der Waals surface area contributed by atoms with Gasteiger partial charge in [-0.25, -0.2) is 9.79 Å². The lowest BCUT2D eigenvalue weighted by atomic mass is 9.95. The van der Waals surface area contributed by atoms with Crippen LogP contribution in [0.3, 0.4) is 0 Å². The molecule has 0 fully saturated rings. The molecule has 182 valence electrons. The van der Waals surface area contributed by atoms with Gasteiger partial charge < -0.3 is 18.9 Å². The fraction of sp³-hybridized carbons (Fsp3) is 0.240. The van der Waals surface area contributed by atoms with Crippen LogP contribution in [0.15, 0.2) is 57.5 Å². The van der Waals surface area contributed by atoms with E-state index in [1.165, 1.54) is 30.1 Å². The van der Waals surface area contributed by atoms with Gasteiger partial charge in [0.25, 0.3) is 5.56 Å². The fourth-order valence-corrected chi connectivity index (χ4v) is 5.23. The van der Waals surface area contributed by atoms with Gasteiger partial charge in [-0.05, 0) is 48.9 Å².